The zero-order valence-corrected chi connectivity index (χ0v) is 12.4. The molecule has 2 N–H and O–H groups in total. The van der Waals surface area contributed by atoms with E-state index < -0.39 is 0 Å². The first-order chi connectivity index (χ1) is 8.08. The van der Waals surface area contributed by atoms with E-state index in [1.807, 2.05) is 0 Å². The Morgan fingerprint density at radius 3 is 2.56 bits per heavy atom. The van der Waals surface area contributed by atoms with Crippen LogP contribution in [0.3, 0.4) is 0 Å². The van der Waals surface area contributed by atoms with Crippen LogP contribution in [0.1, 0.15) is 46.0 Å². The van der Waals surface area contributed by atoms with Crippen molar-refractivity contribution in [1.82, 2.24) is 4.90 Å². The van der Waals surface area contributed by atoms with Crippen LogP contribution >= 0.6 is 12.4 Å². The molecule has 1 saturated heterocycles. The maximum absolute atomic E-state index is 12.2. The Hall–Kier alpha value is -0.280. The number of amides is 1. The molecule has 0 bridgehead atoms. The first-order valence-corrected chi connectivity index (χ1v) is 7.11. The average molecular weight is 275 g/mol. The number of nitrogens with zero attached hydrogens (tertiary/aromatic N) is 1. The van der Waals surface area contributed by atoms with Crippen molar-refractivity contribution in [3.05, 3.63) is 0 Å². The van der Waals surface area contributed by atoms with Crippen molar-refractivity contribution in [3.63, 3.8) is 0 Å². The number of hydrogen-bond donors (Lipinski definition) is 1. The lowest BCUT2D eigenvalue weighted by Crippen LogP contribution is -2.34. The van der Waals surface area contributed by atoms with Gasteiger partial charge in [-0.2, -0.15) is 0 Å². The molecule has 0 radical (unpaired) electrons. The van der Waals surface area contributed by atoms with Gasteiger partial charge >= 0.3 is 0 Å². The summed E-state index contributed by atoms with van der Waals surface area (Å²) < 4.78 is 0. The molecule has 1 saturated carbocycles. The summed E-state index contributed by atoms with van der Waals surface area (Å²) in [4.78, 5) is 14.3. The smallest absolute Gasteiger partial charge is 0.222 e. The normalized spacial score (nSPS) is 31.8. The van der Waals surface area contributed by atoms with Crippen LogP contribution in [0, 0.1) is 17.8 Å². The van der Waals surface area contributed by atoms with Crippen molar-refractivity contribution in [1.29, 1.82) is 0 Å². The molecular formula is C14H27ClN2O. The zero-order chi connectivity index (χ0) is 12.4. The highest BCUT2D eigenvalue weighted by Gasteiger charge is 2.31. The Balaban J connectivity index is 0.00000162. The number of rotatable bonds is 3. The van der Waals surface area contributed by atoms with Crippen molar-refractivity contribution >= 4 is 18.3 Å². The predicted octanol–water partition coefficient (Wildman–Crippen LogP) is 2.43. The second-order valence-corrected chi connectivity index (χ2v) is 6.19. The highest BCUT2D eigenvalue weighted by atomic mass is 35.5. The third kappa shape index (κ3) is 3.61. The summed E-state index contributed by atoms with van der Waals surface area (Å²) >= 11 is 0. The van der Waals surface area contributed by atoms with E-state index in [-0.39, 0.29) is 18.4 Å². The van der Waals surface area contributed by atoms with Crippen molar-refractivity contribution in [2.45, 2.75) is 52.0 Å². The van der Waals surface area contributed by atoms with Crippen LogP contribution in [-0.4, -0.2) is 29.9 Å². The van der Waals surface area contributed by atoms with Gasteiger partial charge in [0.2, 0.25) is 5.91 Å². The van der Waals surface area contributed by atoms with Gasteiger partial charge in [0.05, 0.1) is 0 Å². The standard InChI is InChI=1S/C14H26N2O.ClH/c1-10(2)12-6-7-16(9-12)14(17)8-11-4-3-5-13(11)15;/h10-13H,3-9,15H2,1-2H3;1H/t11-,12?,13+;/m0./s1. The van der Waals surface area contributed by atoms with E-state index in [2.05, 4.69) is 18.7 Å². The Bertz CT molecular complexity index is 283. The van der Waals surface area contributed by atoms with Crippen LogP contribution in [0.15, 0.2) is 0 Å². The predicted molar refractivity (Wildman–Crippen MR) is 76.7 cm³/mol. The molecule has 1 amide bonds. The van der Waals surface area contributed by atoms with Crippen molar-refractivity contribution in [2.75, 3.05) is 13.1 Å². The van der Waals surface area contributed by atoms with Gasteiger partial charge < -0.3 is 10.6 Å². The minimum atomic E-state index is 0. The van der Waals surface area contributed by atoms with Crippen molar-refractivity contribution < 1.29 is 4.79 Å². The molecule has 18 heavy (non-hydrogen) atoms. The van der Waals surface area contributed by atoms with Crippen molar-refractivity contribution in [2.24, 2.45) is 23.5 Å². The van der Waals surface area contributed by atoms with Gasteiger partial charge in [-0.25, -0.2) is 0 Å². The topological polar surface area (TPSA) is 46.3 Å². The fourth-order valence-electron chi connectivity index (χ4n) is 3.23. The molecule has 106 valence electrons. The van der Waals surface area contributed by atoms with E-state index in [1.54, 1.807) is 0 Å². The molecule has 3 nitrogen and oxygen atoms in total. The summed E-state index contributed by atoms with van der Waals surface area (Å²) in [5, 5.41) is 0. The van der Waals surface area contributed by atoms with Crippen LogP contribution in [-0.2, 0) is 4.79 Å². The lowest BCUT2D eigenvalue weighted by Gasteiger charge is -2.21. The van der Waals surface area contributed by atoms with E-state index >= 15 is 0 Å². The van der Waals surface area contributed by atoms with Crippen molar-refractivity contribution in [3.8, 4) is 0 Å². The summed E-state index contributed by atoms with van der Waals surface area (Å²) in [6.07, 6.45) is 5.32. The van der Waals surface area contributed by atoms with Gasteiger partial charge in [0.25, 0.3) is 0 Å². The third-order valence-corrected chi connectivity index (χ3v) is 4.67. The second-order valence-electron chi connectivity index (χ2n) is 6.19. The van der Waals surface area contributed by atoms with Crippen LogP contribution in [0.2, 0.25) is 0 Å². The molecular weight excluding hydrogens is 248 g/mol. The molecule has 2 aliphatic rings. The Morgan fingerprint density at radius 2 is 2.06 bits per heavy atom. The molecule has 4 heteroatoms. The SMILES string of the molecule is CC(C)C1CCN(C(=O)C[C@@H]2CCC[C@H]2N)C1.Cl. The maximum atomic E-state index is 12.2. The molecule has 2 rings (SSSR count). The zero-order valence-electron chi connectivity index (χ0n) is 11.6. The van der Waals surface area contributed by atoms with Gasteiger partial charge in [-0.1, -0.05) is 20.3 Å². The van der Waals surface area contributed by atoms with E-state index in [1.165, 1.54) is 12.8 Å². The monoisotopic (exact) mass is 274 g/mol. The number of nitrogens with two attached hydrogens (primary N) is 1. The van der Waals surface area contributed by atoms with Crippen LogP contribution < -0.4 is 5.73 Å². The Labute approximate surface area is 117 Å². The number of hydrogen-bond acceptors (Lipinski definition) is 2. The maximum Gasteiger partial charge on any atom is 0.222 e. The summed E-state index contributed by atoms with van der Waals surface area (Å²) in [5.41, 5.74) is 6.03. The first kappa shape index (κ1) is 15.8. The van der Waals surface area contributed by atoms with E-state index in [4.69, 9.17) is 5.73 Å². The summed E-state index contributed by atoms with van der Waals surface area (Å²) in [5.74, 6) is 2.19. The Kier molecular flexibility index (Phi) is 5.93. The quantitative estimate of drug-likeness (QED) is 0.859. The minimum Gasteiger partial charge on any atom is -0.342 e. The first-order valence-electron chi connectivity index (χ1n) is 7.11. The Morgan fingerprint density at radius 1 is 1.33 bits per heavy atom. The van der Waals surface area contributed by atoms with Gasteiger partial charge in [-0.15, -0.1) is 12.4 Å². The molecule has 2 fully saturated rings. The fraction of sp³-hybridized carbons (Fsp3) is 0.929. The summed E-state index contributed by atoms with van der Waals surface area (Å²) in [6.45, 7) is 6.44. The van der Waals surface area contributed by atoms with E-state index in [0.29, 0.717) is 30.1 Å². The lowest BCUT2D eigenvalue weighted by molar-refractivity contribution is -0.131. The average Bonchev–Trinajstić information content (AvgIpc) is 2.88. The highest BCUT2D eigenvalue weighted by molar-refractivity contribution is 5.85. The highest BCUT2D eigenvalue weighted by Crippen LogP contribution is 2.29. The molecule has 0 aromatic heterocycles. The van der Waals surface area contributed by atoms with Crippen LogP contribution in [0.5, 0.6) is 0 Å². The molecule has 0 aromatic carbocycles. The van der Waals surface area contributed by atoms with Gasteiger partial charge in [-0.05, 0) is 37.0 Å². The van der Waals surface area contributed by atoms with Gasteiger partial charge in [-0.3, -0.25) is 4.79 Å². The van der Waals surface area contributed by atoms with Gasteiger partial charge in [0.15, 0.2) is 0 Å². The fourth-order valence-corrected chi connectivity index (χ4v) is 3.23. The van der Waals surface area contributed by atoms with Gasteiger partial charge in [0.1, 0.15) is 0 Å². The number of carbonyl (C=O) groups excluding carboxylic acids is 1. The van der Waals surface area contributed by atoms with Crippen LogP contribution in [0.25, 0.3) is 0 Å². The number of carbonyl (C=O) groups is 1. The third-order valence-electron chi connectivity index (χ3n) is 4.67. The summed E-state index contributed by atoms with van der Waals surface area (Å²) in [6, 6.07) is 0.266. The minimum absolute atomic E-state index is 0. The second kappa shape index (κ2) is 6.76. The van der Waals surface area contributed by atoms with Gasteiger partial charge in [0, 0.05) is 25.6 Å². The molecule has 1 aliphatic heterocycles. The molecule has 1 aliphatic carbocycles. The molecule has 1 unspecified atom stereocenters. The molecule has 1 heterocycles. The van der Waals surface area contributed by atoms with Crippen LogP contribution in [0.4, 0.5) is 0 Å². The lowest BCUT2D eigenvalue weighted by atomic mass is 9.95. The van der Waals surface area contributed by atoms with E-state index in [0.717, 1.165) is 25.9 Å². The summed E-state index contributed by atoms with van der Waals surface area (Å²) in [7, 11) is 0. The molecule has 0 aromatic rings. The largest absolute Gasteiger partial charge is 0.342 e. The molecule has 3 atom stereocenters. The molecule has 0 spiro atoms. The number of halogens is 1. The van der Waals surface area contributed by atoms with E-state index in [9.17, 15) is 4.79 Å². The number of likely N-dealkylation sites (tertiary alicyclic amines) is 1.